The van der Waals surface area contributed by atoms with E-state index in [1.54, 1.807) is 22.6 Å². The van der Waals surface area contributed by atoms with Crippen LogP contribution < -0.4 is 4.74 Å². The molecule has 2 fully saturated rings. The number of aromatic nitrogens is 2. The zero-order valence-corrected chi connectivity index (χ0v) is 15.3. The van der Waals surface area contributed by atoms with Crippen molar-refractivity contribution in [2.75, 3.05) is 7.11 Å². The van der Waals surface area contributed by atoms with Crippen molar-refractivity contribution in [3.05, 3.63) is 42.2 Å². The van der Waals surface area contributed by atoms with Gasteiger partial charge in [-0.3, -0.25) is 4.68 Å². The van der Waals surface area contributed by atoms with E-state index in [9.17, 15) is 8.42 Å². The third-order valence-electron chi connectivity index (χ3n) is 5.41. The van der Waals surface area contributed by atoms with Gasteiger partial charge in [-0.1, -0.05) is 6.07 Å². The molecular formula is C18H23N3O3S. The molecule has 2 aromatic rings. The molecule has 0 spiro atoms. The molecule has 2 aliphatic heterocycles. The lowest BCUT2D eigenvalue weighted by Gasteiger charge is -2.38. The summed E-state index contributed by atoms with van der Waals surface area (Å²) in [6.07, 6.45) is 7.20. The Bertz CT molecular complexity index is 850. The zero-order valence-electron chi connectivity index (χ0n) is 14.5. The largest absolute Gasteiger partial charge is 0.495 e. The second-order valence-corrected chi connectivity index (χ2v) is 8.80. The van der Waals surface area contributed by atoms with Crippen LogP contribution in [0.3, 0.4) is 0 Å². The Hall–Kier alpha value is -1.86. The second-order valence-electron chi connectivity index (χ2n) is 6.99. The Morgan fingerprint density at radius 3 is 2.48 bits per heavy atom. The maximum absolute atomic E-state index is 13.4. The fraction of sp³-hybridized carbons (Fsp3) is 0.500. The van der Waals surface area contributed by atoms with Crippen molar-refractivity contribution < 1.29 is 13.2 Å². The molecule has 4 rings (SSSR count). The molecule has 134 valence electrons. The monoisotopic (exact) mass is 361 g/mol. The summed E-state index contributed by atoms with van der Waals surface area (Å²) in [6, 6.07) is 7.58. The Morgan fingerprint density at radius 2 is 1.88 bits per heavy atom. The maximum Gasteiger partial charge on any atom is 0.247 e. The van der Waals surface area contributed by atoms with Gasteiger partial charge < -0.3 is 4.74 Å². The summed E-state index contributed by atoms with van der Waals surface area (Å²) in [5, 5.41) is 4.35. The highest BCUT2D eigenvalue weighted by Crippen LogP contribution is 2.44. The van der Waals surface area contributed by atoms with Crippen molar-refractivity contribution in [1.82, 2.24) is 14.1 Å². The first-order chi connectivity index (χ1) is 12.0. The summed E-state index contributed by atoms with van der Waals surface area (Å²) in [6.45, 7) is 1.90. The van der Waals surface area contributed by atoms with E-state index in [-0.39, 0.29) is 23.0 Å². The van der Waals surface area contributed by atoms with Gasteiger partial charge in [-0.05, 0) is 56.4 Å². The number of nitrogens with zero attached hydrogens (tertiary/aromatic N) is 3. The van der Waals surface area contributed by atoms with Gasteiger partial charge in [0.2, 0.25) is 10.0 Å². The average Bonchev–Trinajstić information content (AvgIpc) is 3.22. The number of hydrogen-bond acceptors (Lipinski definition) is 4. The molecule has 0 amide bonds. The highest BCUT2D eigenvalue weighted by Gasteiger charge is 2.48. The van der Waals surface area contributed by atoms with Gasteiger partial charge in [0.1, 0.15) is 10.6 Å². The van der Waals surface area contributed by atoms with Crippen LogP contribution in [0.2, 0.25) is 0 Å². The number of methoxy groups -OCH3 is 1. The number of fused-ring (bicyclic) bond motifs is 2. The first kappa shape index (κ1) is 16.6. The molecule has 3 heterocycles. The molecule has 0 saturated carbocycles. The van der Waals surface area contributed by atoms with Gasteiger partial charge in [0.15, 0.2) is 0 Å². The highest BCUT2D eigenvalue weighted by molar-refractivity contribution is 7.89. The van der Waals surface area contributed by atoms with Crippen LogP contribution in [0.25, 0.3) is 0 Å². The maximum atomic E-state index is 13.4. The quantitative estimate of drug-likeness (QED) is 0.840. The highest BCUT2D eigenvalue weighted by atomic mass is 32.2. The summed E-state index contributed by atoms with van der Waals surface area (Å²) in [5.41, 5.74) is 0.915. The van der Waals surface area contributed by atoms with Crippen molar-refractivity contribution in [2.24, 2.45) is 0 Å². The Kier molecular flexibility index (Phi) is 4.08. The van der Waals surface area contributed by atoms with Crippen molar-refractivity contribution in [1.29, 1.82) is 0 Å². The minimum absolute atomic E-state index is 0.0307. The predicted octanol–water partition coefficient (Wildman–Crippen LogP) is 2.76. The molecule has 1 aromatic carbocycles. The van der Waals surface area contributed by atoms with Gasteiger partial charge in [0.25, 0.3) is 0 Å². The number of aryl methyl sites for hydroxylation is 1. The normalized spacial score (nSPS) is 26.7. The molecule has 6 nitrogen and oxygen atoms in total. The summed E-state index contributed by atoms with van der Waals surface area (Å²) in [4.78, 5) is 0.282. The lowest BCUT2D eigenvalue weighted by atomic mass is 10.00. The van der Waals surface area contributed by atoms with E-state index in [0.717, 1.165) is 31.2 Å². The van der Waals surface area contributed by atoms with Crippen LogP contribution in [-0.2, 0) is 10.0 Å². The third kappa shape index (κ3) is 2.75. The summed E-state index contributed by atoms with van der Waals surface area (Å²) in [7, 11) is -2.06. The Balaban J connectivity index is 1.68. The van der Waals surface area contributed by atoms with Gasteiger partial charge in [0, 0.05) is 24.5 Å². The minimum atomic E-state index is -3.58. The van der Waals surface area contributed by atoms with Crippen molar-refractivity contribution in [3.63, 3.8) is 0 Å². The van der Waals surface area contributed by atoms with Crippen LogP contribution >= 0.6 is 0 Å². The number of sulfonamides is 1. The summed E-state index contributed by atoms with van der Waals surface area (Å²) >= 11 is 0. The van der Waals surface area contributed by atoms with Crippen LogP contribution in [0.1, 0.15) is 37.3 Å². The van der Waals surface area contributed by atoms with Crippen LogP contribution in [0.4, 0.5) is 0 Å². The van der Waals surface area contributed by atoms with E-state index in [1.165, 1.54) is 7.11 Å². The third-order valence-corrected chi connectivity index (χ3v) is 7.44. The molecule has 25 heavy (non-hydrogen) atoms. The molecule has 2 bridgehead atoms. The van der Waals surface area contributed by atoms with E-state index in [2.05, 4.69) is 5.10 Å². The molecular weight excluding hydrogens is 338 g/mol. The fourth-order valence-electron chi connectivity index (χ4n) is 4.31. The Labute approximate surface area is 148 Å². The van der Waals surface area contributed by atoms with E-state index in [0.29, 0.717) is 5.75 Å². The van der Waals surface area contributed by atoms with Gasteiger partial charge in [0.05, 0.1) is 13.2 Å². The summed E-state index contributed by atoms with van der Waals surface area (Å²) in [5.74, 6) is 0.416. The van der Waals surface area contributed by atoms with Crippen LogP contribution in [0.5, 0.6) is 5.75 Å². The molecule has 0 aliphatic carbocycles. The standard InChI is InChI=1S/C18H23N3O3S/c1-13-4-7-17(24-2)18(10-13)25(22,23)21-14-5-6-15(21)12-16(11-14)20-9-3-8-19-20/h3-4,7-10,14-16H,5-6,11-12H2,1-2H3. The van der Waals surface area contributed by atoms with Crippen LogP contribution in [0.15, 0.2) is 41.6 Å². The molecule has 1 aromatic heterocycles. The van der Waals surface area contributed by atoms with Crippen molar-refractivity contribution in [3.8, 4) is 5.75 Å². The molecule has 2 unspecified atom stereocenters. The molecule has 7 heteroatoms. The Morgan fingerprint density at radius 1 is 1.16 bits per heavy atom. The number of rotatable bonds is 4. The lowest BCUT2D eigenvalue weighted by molar-refractivity contribution is 0.184. The zero-order chi connectivity index (χ0) is 17.6. The van der Waals surface area contributed by atoms with E-state index >= 15 is 0 Å². The number of ether oxygens (including phenoxy) is 1. The smallest absolute Gasteiger partial charge is 0.247 e. The van der Waals surface area contributed by atoms with Crippen LogP contribution in [0, 0.1) is 6.92 Å². The van der Waals surface area contributed by atoms with Gasteiger partial charge in [-0.2, -0.15) is 9.40 Å². The molecule has 0 N–H and O–H groups in total. The fourth-order valence-corrected chi connectivity index (χ4v) is 6.44. The molecule has 0 radical (unpaired) electrons. The average molecular weight is 361 g/mol. The van der Waals surface area contributed by atoms with E-state index in [1.807, 2.05) is 29.9 Å². The topological polar surface area (TPSA) is 64.4 Å². The SMILES string of the molecule is COc1ccc(C)cc1S(=O)(=O)N1C2CCC1CC(n1cccn1)C2. The number of piperidine rings is 1. The van der Waals surface area contributed by atoms with Crippen LogP contribution in [-0.4, -0.2) is 41.7 Å². The van der Waals surface area contributed by atoms with Gasteiger partial charge in [-0.25, -0.2) is 8.42 Å². The second kappa shape index (κ2) is 6.14. The van der Waals surface area contributed by atoms with Crippen molar-refractivity contribution in [2.45, 2.75) is 55.6 Å². The first-order valence-corrected chi connectivity index (χ1v) is 10.1. The predicted molar refractivity (Wildman–Crippen MR) is 94.1 cm³/mol. The molecule has 2 aliphatic rings. The van der Waals surface area contributed by atoms with Crippen molar-refractivity contribution >= 4 is 10.0 Å². The van der Waals surface area contributed by atoms with Gasteiger partial charge >= 0.3 is 0 Å². The number of hydrogen-bond donors (Lipinski definition) is 0. The molecule has 2 atom stereocenters. The molecule has 2 saturated heterocycles. The first-order valence-electron chi connectivity index (χ1n) is 8.68. The lowest BCUT2D eigenvalue weighted by Crippen LogP contribution is -2.46. The van der Waals surface area contributed by atoms with E-state index in [4.69, 9.17) is 4.74 Å². The minimum Gasteiger partial charge on any atom is -0.495 e. The number of benzene rings is 1. The van der Waals surface area contributed by atoms with Gasteiger partial charge in [-0.15, -0.1) is 0 Å². The van der Waals surface area contributed by atoms with E-state index < -0.39 is 10.0 Å². The summed E-state index contributed by atoms with van der Waals surface area (Å²) < 4.78 is 35.8.